The molecule has 0 saturated carbocycles. The Kier molecular flexibility index (Phi) is 6.32. The third-order valence-corrected chi connectivity index (χ3v) is 3.68. The summed E-state index contributed by atoms with van der Waals surface area (Å²) in [6, 6.07) is 2.01. The molecule has 5 heteroatoms. The zero-order valence-electron chi connectivity index (χ0n) is 11.1. The summed E-state index contributed by atoms with van der Waals surface area (Å²) < 4.78 is 5.44. The van der Waals surface area contributed by atoms with Crippen LogP contribution in [-0.4, -0.2) is 30.3 Å². The summed E-state index contributed by atoms with van der Waals surface area (Å²) in [5, 5.41) is 13.9. The standard InChI is InChI=1S/C13H21NO3S/c1-4-17-7-12(9(2)3)14-6-11-5-10(8-18-11)13(15)16/h5,8-9,12,14H,4,6-7H2,1-3H3,(H,15,16). The Morgan fingerprint density at radius 3 is 2.78 bits per heavy atom. The van der Waals surface area contributed by atoms with Crippen LogP contribution in [0.4, 0.5) is 0 Å². The number of aromatic carboxylic acids is 1. The molecule has 102 valence electrons. The number of rotatable bonds is 8. The summed E-state index contributed by atoms with van der Waals surface area (Å²) >= 11 is 1.47. The summed E-state index contributed by atoms with van der Waals surface area (Å²) in [5.41, 5.74) is 0.364. The van der Waals surface area contributed by atoms with Gasteiger partial charge >= 0.3 is 5.97 Å². The van der Waals surface area contributed by atoms with Gasteiger partial charge in [-0.15, -0.1) is 11.3 Å². The van der Waals surface area contributed by atoms with Gasteiger partial charge in [0.15, 0.2) is 0 Å². The third-order valence-electron chi connectivity index (χ3n) is 2.75. The highest BCUT2D eigenvalue weighted by Gasteiger charge is 2.13. The van der Waals surface area contributed by atoms with Crippen LogP contribution in [0.1, 0.15) is 36.0 Å². The maximum Gasteiger partial charge on any atom is 0.336 e. The first-order valence-corrected chi connectivity index (χ1v) is 7.04. The van der Waals surface area contributed by atoms with Gasteiger partial charge in [0.25, 0.3) is 0 Å². The molecule has 1 unspecified atom stereocenters. The molecule has 1 heterocycles. The Morgan fingerprint density at radius 1 is 1.56 bits per heavy atom. The molecule has 1 rings (SSSR count). The Hall–Kier alpha value is -0.910. The lowest BCUT2D eigenvalue weighted by atomic mass is 10.1. The third kappa shape index (κ3) is 4.76. The number of carboxylic acid groups (broad SMARTS) is 1. The molecule has 0 radical (unpaired) electrons. The summed E-state index contributed by atoms with van der Waals surface area (Å²) in [4.78, 5) is 11.8. The Balaban J connectivity index is 2.47. The minimum atomic E-state index is -0.868. The number of thiophene rings is 1. The SMILES string of the molecule is CCOCC(NCc1cc(C(=O)O)cs1)C(C)C. The van der Waals surface area contributed by atoms with Crippen molar-refractivity contribution in [2.75, 3.05) is 13.2 Å². The van der Waals surface area contributed by atoms with E-state index in [1.807, 2.05) is 6.92 Å². The van der Waals surface area contributed by atoms with Crippen molar-refractivity contribution in [3.8, 4) is 0 Å². The Labute approximate surface area is 112 Å². The van der Waals surface area contributed by atoms with Crippen molar-refractivity contribution in [1.29, 1.82) is 0 Å². The summed E-state index contributed by atoms with van der Waals surface area (Å²) in [7, 11) is 0. The minimum Gasteiger partial charge on any atom is -0.478 e. The fraction of sp³-hybridized carbons (Fsp3) is 0.615. The van der Waals surface area contributed by atoms with Crippen LogP contribution >= 0.6 is 11.3 Å². The van der Waals surface area contributed by atoms with E-state index in [-0.39, 0.29) is 0 Å². The lowest BCUT2D eigenvalue weighted by Gasteiger charge is -2.21. The van der Waals surface area contributed by atoms with Crippen LogP contribution in [0, 0.1) is 5.92 Å². The fourth-order valence-electron chi connectivity index (χ4n) is 1.55. The van der Waals surface area contributed by atoms with Gasteiger partial charge in [-0.2, -0.15) is 0 Å². The van der Waals surface area contributed by atoms with Crippen molar-refractivity contribution < 1.29 is 14.6 Å². The van der Waals surface area contributed by atoms with Crippen molar-refractivity contribution >= 4 is 17.3 Å². The molecule has 0 spiro atoms. The summed E-state index contributed by atoms with van der Waals surface area (Å²) in [5.74, 6) is -0.386. The van der Waals surface area contributed by atoms with Crippen molar-refractivity contribution in [3.05, 3.63) is 21.9 Å². The second-order valence-corrected chi connectivity index (χ2v) is 5.49. The minimum absolute atomic E-state index is 0.292. The summed E-state index contributed by atoms with van der Waals surface area (Å²) in [6.45, 7) is 8.36. The average Bonchev–Trinajstić information content (AvgIpc) is 2.77. The number of hydrogen-bond acceptors (Lipinski definition) is 4. The molecule has 0 aromatic carbocycles. The van der Waals surface area contributed by atoms with Gasteiger partial charge in [0.2, 0.25) is 0 Å². The molecule has 0 bridgehead atoms. The molecule has 1 aromatic rings. The first-order valence-electron chi connectivity index (χ1n) is 6.16. The van der Waals surface area contributed by atoms with Crippen molar-refractivity contribution in [3.63, 3.8) is 0 Å². The van der Waals surface area contributed by atoms with Gasteiger partial charge in [-0.25, -0.2) is 4.79 Å². The predicted molar refractivity (Wildman–Crippen MR) is 73.2 cm³/mol. The molecule has 1 atom stereocenters. The Morgan fingerprint density at radius 2 is 2.28 bits per heavy atom. The molecule has 0 aliphatic carbocycles. The lowest BCUT2D eigenvalue weighted by molar-refractivity contribution is 0.0697. The highest BCUT2D eigenvalue weighted by Crippen LogP contribution is 2.15. The second kappa shape index (κ2) is 7.51. The molecule has 1 aromatic heterocycles. The molecule has 0 saturated heterocycles. The predicted octanol–water partition coefficient (Wildman–Crippen LogP) is 2.60. The zero-order chi connectivity index (χ0) is 13.5. The van der Waals surface area contributed by atoms with E-state index in [4.69, 9.17) is 9.84 Å². The molecule has 4 nitrogen and oxygen atoms in total. The second-order valence-electron chi connectivity index (χ2n) is 4.50. The van der Waals surface area contributed by atoms with E-state index in [0.717, 1.165) is 4.88 Å². The fourth-order valence-corrected chi connectivity index (χ4v) is 2.36. The van der Waals surface area contributed by atoms with Crippen molar-refractivity contribution in [1.82, 2.24) is 5.32 Å². The number of carbonyl (C=O) groups is 1. The number of carboxylic acids is 1. The number of hydrogen-bond donors (Lipinski definition) is 2. The topological polar surface area (TPSA) is 58.6 Å². The first-order chi connectivity index (χ1) is 8.54. The Bertz CT molecular complexity index is 376. The highest BCUT2D eigenvalue weighted by atomic mass is 32.1. The maximum absolute atomic E-state index is 10.8. The molecule has 0 fully saturated rings. The van der Waals surface area contributed by atoms with Crippen LogP contribution in [0.15, 0.2) is 11.4 Å². The van der Waals surface area contributed by atoms with E-state index < -0.39 is 5.97 Å². The van der Waals surface area contributed by atoms with Gasteiger partial charge in [0.05, 0.1) is 12.2 Å². The first kappa shape index (κ1) is 15.1. The normalized spacial score (nSPS) is 12.9. The van der Waals surface area contributed by atoms with E-state index in [0.29, 0.717) is 37.3 Å². The van der Waals surface area contributed by atoms with Gasteiger partial charge in [-0.3, -0.25) is 0 Å². The van der Waals surface area contributed by atoms with E-state index in [1.165, 1.54) is 11.3 Å². The molecular weight excluding hydrogens is 250 g/mol. The monoisotopic (exact) mass is 271 g/mol. The van der Waals surface area contributed by atoms with Gasteiger partial charge in [0.1, 0.15) is 0 Å². The van der Waals surface area contributed by atoms with Crippen molar-refractivity contribution in [2.24, 2.45) is 5.92 Å². The molecule has 2 N–H and O–H groups in total. The summed E-state index contributed by atoms with van der Waals surface area (Å²) in [6.07, 6.45) is 0. The number of nitrogens with one attached hydrogen (secondary N) is 1. The van der Waals surface area contributed by atoms with Gasteiger partial charge in [0, 0.05) is 29.5 Å². The van der Waals surface area contributed by atoms with Crippen LogP contribution in [0.25, 0.3) is 0 Å². The highest BCUT2D eigenvalue weighted by molar-refractivity contribution is 7.10. The molecule has 0 aliphatic rings. The maximum atomic E-state index is 10.8. The molecule has 0 amide bonds. The van der Waals surface area contributed by atoms with Crippen molar-refractivity contribution in [2.45, 2.75) is 33.4 Å². The van der Waals surface area contributed by atoms with Crippen LogP contribution < -0.4 is 5.32 Å². The van der Waals surface area contributed by atoms with Crippen LogP contribution in [0.2, 0.25) is 0 Å². The largest absolute Gasteiger partial charge is 0.478 e. The van der Waals surface area contributed by atoms with Crippen LogP contribution in [0.3, 0.4) is 0 Å². The lowest BCUT2D eigenvalue weighted by Crippen LogP contribution is -2.37. The van der Waals surface area contributed by atoms with E-state index in [9.17, 15) is 4.79 Å². The van der Waals surface area contributed by atoms with E-state index in [2.05, 4.69) is 19.2 Å². The van der Waals surface area contributed by atoms with E-state index in [1.54, 1.807) is 11.4 Å². The van der Waals surface area contributed by atoms with E-state index >= 15 is 0 Å². The molecule has 18 heavy (non-hydrogen) atoms. The molecule has 0 aliphatic heterocycles. The van der Waals surface area contributed by atoms with Crippen LogP contribution in [0.5, 0.6) is 0 Å². The smallest absolute Gasteiger partial charge is 0.336 e. The molecular formula is C13H21NO3S. The van der Waals surface area contributed by atoms with Gasteiger partial charge in [-0.1, -0.05) is 13.8 Å². The van der Waals surface area contributed by atoms with Gasteiger partial charge in [-0.05, 0) is 18.9 Å². The zero-order valence-corrected chi connectivity index (χ0v) is 11.9. The van der Waals surface area contributed by atoms with Gasteiger partial charge < -0.3 is 15.2 Å². The average molecular weight is 271 g/mol. The quantitative estimate of drug-likeness (QED) is 0.763. The number of ether oxygens (including phenoxy) is 1. The van der Waals surface area contributed by atoms with Crippen LogP contribution in [-0.2, 0) is 11.3 Å².